The topological polar surface area (TPSA) is 57.5 Å². The maximum atomic E-state index is 11.2. The fourth-order valence-electron chi connectivity index (χ4n) is 2.93. The summed E-state index contributed by atoms with van der Waals surface area (Å²) in [5.74, 6) is -0.0593. The van der Waals surface area contributed by atoms with Crippen LogP contribution in [-0.2, 0) is 4.79 Å². The van der Waals surface area contributed by atoms with Gasteiger partial charge in [-0.15, -0.1) is 0 Å². The monoisotopic (exact) mass is 242 g/mol. The highest BCUT2D eigenvalue weighted by atomic mass is 16.4. The van der Waals surface area contributed by atoms with Gasteiger partial charge in [-0.3, -0.25) is 4.79 Å². The molecule has 0 aromatic rings. The second kappa shape index (κ2) is 5.85. The summed E-state index contributed by atoms with van der Waals surface area (Å²) in [4.78, 5) is 11.2. The largest absolute Gasteiger partial charge is 0.481 e. The van der Waals surface area contributed by atoms with Crippen LogP contribution < -0.4 is 0 Å². The molecule has 1 aliphatic rings. The van der Waals surface area contributed by atoms with Crippen LogP contribution in [0.1, 0.15) is 59.3 Å². The van der Waals surface area contributed by atoms with Gasteiger partial charge in [-0.1, -0.05) is 13.3 Å². The SMILES string of the molecule is CCCC(O)C1CCC(C(C)(C)C(=O)O)CC1. The van der Waals surface area contributed by atoms with E-state index in [4.69, 9.17) is 0 Å². The van der Waals surface area contributed by atoms with Crippen LogP contribution in [0.4, 0.5) is 0 Å². The van der Waals surface area contributed by atoms with E-state index in [1.54, 1.807) is 0 Å². The van der Waals surface area contributed by atoms with Crippen molar-refractivity contribution in [1.82, 2.24) is 0 Å². The lowest BCUT2D eigenvalue weighted by molar-refractivity contribution is -0.151. The van der Waals surface area contributed by atoms with Crippen LogP contribution in [0.15, 0.2) is 0 Å². The van der Waals surface area contributed by atoms with Crippen LogP contribution >= 0.6 is 0 Å². The molecule has 100 valence electrons. The normalized spacial score (nSPS) is 27.8. The van der Waals surface area contributed by atoms with E-state index in [1.807, 2.05) is 13.8 Å². The minimum atomic E-state index is -0.699. The van der Waals surface area contributed by atoms with Crippen LogP contribution in [0.5, 0.6) is 0 Å². The Labute approximate surface area is 104 Å². The van der Waals surface area contributed by atoms with Crippen LogP contribution in [-0.4, -0.2) is 22.3 Å². The van der Waals surface area contributed by atoms with Crippen molar-refractivity contribution in [3.63, 3.8) is 0 Å². The Balaban J connectivity index is 2.48. The van der Waals surface area contributed by atoms with Crippen molar-refractivity contribution >= 4 is 5.97 Å². The first-order valence-corrected chi connectivity index (χ1v) is 6.81. The summed E-state index contributed by atoms with van der Waals surface area (Å²) in [5.41, 5.74) is -0.624. The van der Waals surface area contributed by atoms with E-state index < -0.39 is 11.4 Å². The molecule has 1 fully saturated rings. The van der Waals surface area contributed by atoms with Crippen molar-refractivity contribution in [3.05, 3.63) is 0 Å². The van der Waals surface area contributed by atoms with E-state index >= 15 is 0 Å². The lowest BCUT2D eigenvalue weighted by Crippen LogP contribution is -2.37. The lowest BCUT2D eigenvalue weighted by atomic mass is 9.67. The Kier molecular flexibility index (Phi) is 4.99. The zero-order valence-electron chi connectivity index (χ0n) is 11.3. The number of carbonyl (C=O) groups is 1. The Morgan fingerprint density at radius 3 is 2.24 bits per heavy atom. The first kappa shape index (κ1) is 14.5. The minimum absolute atomic E-state index is 0.186. The molecule has 0 amide bonds. The third-order valence-corrected chi connectivity index (χ3v) is 4.47. The molecule has 1 rings (SSSR count). The van der Waals surface area contributed by atoms with Gasteiger partial charge in [0.1, 0.15) is 0 Å². The predicted octanol–water partition coefficient (Wildman–Crippen LogP) is 3.06. The van der Waals surface area contributed by atoms with Gasteiger partial charge < -0.3 is 10.2 Å². The van der Waals surface area contributed by atoms with Gasteiger partial charge in [0.05, 0.1) is 11.5 Å². The van der Waals surface area contributed by atoms with E-state index in [1.165, 1.54) is 0 Å². The molecule has 17 heavy (non-hydrogen) atoms. The van der Waals surface area contributed by atoms with Gasteiger partial charge >= 0.3 is 5.97 Å². The highest BCUT2D eigenvalue weighted by Gasteiger charge is 2.39. The molecule has 0 radical (unpaired) electrons. The van der Waals surface area contributed by atoms with Gasteiger partial charge in [0.25, 0.3) is 0 Å². The summed E-state index contributed by atoms with van der Waals surface area (Å²) < 4.78 is 0. The fraction of sp³-hybridized carbons (Fsp3) is 0.929. The maximum Gasteiger partial charge on any atom is 0.309 e. The molecule has 0 aliphatic heterocycles. The minimum Gasteiger partial charge on any atom is -0.481 e. The van der Waals surface area contributed by atoms with Crippen LogP contribution in [0.3, 0.4) is 0 Å². The third-order valence-electron chi connectivity index (χ3n) is 4.47. The second-order valence-corrected chi connectivity index (χ2v) is 5.99. The first-order valence-electron chi connectivity index (χ1n) is 6.81. The molecule has 3 nitrogen and oxygen atoms in total. The van der Waals surface area contributed by atoms with E-state index in [-0.39, 0.29) is 12.0 Å². The highest BCUT2D eigenvalue weighted by molar-refractivity contribution is 5.74. The summed E-state index contributed by atoms with van der Waals surface area (Å²) in [6, 6.07) is 0. The Bertz CT molecular complexity index is 252. The molecule has 0 saturated heterocycles. The Morgan fingerprint density at radius 1 is 1.29 bits per heavy atom. The van der Waals surface area contributed by atoms with Crippen molar-refractivity contribution in [2.24, 2.45) is 17.3 Å². The smallest absolute Gasteiger partial charge is 0.309 e. The van der Waals surface area contributed by atoms with E-state index in [9.17, 15) is 15.0 Å². The van der Waals surface area contributed by atoms with Crippen molar-refractivity contribution in [3.8, 4) is 0 Å². The number of carboxylic acids is 1. The lowest BCUT2D eigenvalue weighted by Gasteiger charge is -2.37. The summed E-state index contributed by atoms with van der Waals surface area (Å²) >= 11 is 0. The van der Waals surface area contributed by atoms with Crippen LogP contribution in [0.2, 0.25) is 0 Å². The van der Waals surface area contributed by atoms with Crippen LogP contribution in [0.25, 0.3) is 0 Å². The van der Waals surface area contributed by atoms with Crippen molar-refractivity contribution < 1.29 is 15.0 Å². The number of aliphatic hydroxyl groups is 1. The molecule has 1 atom stereocenters. The van der Waals surface area contributed by atoms with Gasteiger partial charge in [-0.2, -0.15) is 0 Å². The molecule has 0 heterocycles. The average molecular weight is 242 g/mol. The van der Waals surface area contributed by atoms with Gasteiger partial charge in [-0.05, 0) is 57.8 Å². The van der Waals surface area contributed by atoms with Crippen molar-refractivity contribution in [2.75, 3.05) is 0 Å². The van der Waals surface area contributed by atoms with Gasteiger partial charge in [0.15, 0.2) is 0 Å². The van der Waals surface area contributed by atoms with E-state index in [0.29, 0.717) is 5.92 Å². The number of hydrogen-bond acceptors (Lipinski definition) is 2. The van der Waals surface area contributed by atoms with Crippen LogP contribution in [0, 0.1) is 17.3 Å². The number of aliphatic carboxylic acids is 1. The molecule has 1 aliphatic carbocycles. The Hall–Kier alpha value is -0.570. The first-order chi connectivity index (χ1) is 7.89. The standard InChI is InChI=1S/C14H26O3/c1-4-5-12(15)10-6-8-11(9-7-10)14(2,3)13(16)17/h10-12,15H,4-9H2,1-3H3,(H,16,17). The molecule has 0 aromatic carbocycles. The summed E-state index contributed by atoms with van der Waals surface area (Å²) in [5, 5.41) is 19.2. The molecule has 0 spiro atoms. The summed E-state index contributed by atoms with van der Waals surface area (Å²) in [7, 11) is 0. The maximum absolute atomic E-state index is 11.2. The number of rotatable bonds is 5. The zero-order chi connectivity index (χ0) is 13.1. The average Bonchev–Trinajstić information content (AvgIpc) is 2.29. The van der Waals surface area contributed by atoms with Crippen molar-refractivity contribution in [2.45, 2.75) is 65.4 Å². The molecule has 2 N–H and O–H groups in total. The second-order valence-electron chi connectivity index (χ2n) is 5.99. The number of carboxylic acid groups (broad SMARTS) is 1. The molecular weight excluding hydrogens is 216 g/mol. The predicted molar refractivity (Wildman–Crippen MR) is 67.8 cm³/mol. The molecule has 1 unspecified atom stereocenters. The van der Waals surface area contributed by atoms with E-state index in [0.717, 1.165) is 38.5 Å². The zero-order valence-corrected chi connectivity index (χ0v) is 11.3. The molecular formula is C14H26O3. The number of hydrogen-bond donors (Lipinski definition) is 2. The Morgan fingerprint density at radius 2 is 1.82 bits per heavy atom. The fourth-order valence-corrected chi connectivity index (χ4v) is 2.93. The highest BCUT2D eigenvalue weighted by Crippen LogP contribution is 2.41. The number of aliphatic hydroxyl groups excluding tert-OH is 1. The molecule has 0 aromatic heterocycles. The van der Waals surface area contributed by atoms with Gasteiger partial charge in [0.2, 0.25) is 0 Å². The summed E-state index contributed by atoms with van der Waals surface area (Å²) in [6.07, 6.45) is 5.52. The van der Waals surface area contributed by atoms with Gasteiger partial charge in [0, 0.05) is 0 Å². The molecule has 0 bridgehead atoms. The van der Waals surface area contributed by atoms with Gasteiger partial charge in [-0.25, -0.2) is 0 Å². The van der Waals surface area contributed by atoms with E-state index in [2.05, 4.69) is 6.92 Å². The summed E-state index contributed by atoms with van der Waals surface area (Å²) in [6.45, 7) is 5.73. The molecule has 1 saturated carbocycles. The molecule has 3 heteroatoms. The van der Waals surface area contributed by atoms with Crippen molar-refractivity contribution in [1.29, 1.82) is 0 Å². The third kappa shape index (κ3) is 3.44. The quantitative estimate of drug-likeness (QED) is 0.779.